The highest BCUT2D eigenvalue weighted by molar-refractivity contribution is 5.95. The van der Waals surface area contributed by atoms with Crippen LogP contribution in [0.4, 0.5) is 13.2 Å². The normalized spacial score (nSPS) is 13.8. The van der Waals surface area contributed by atoms with Crippen LogP contribution in [0.15, 0.2) is 23.4 Å². The van der Waals surface area contributed by atoms with Crippen LogP contribution in [0.5, 0.6) is 0 Å². The Labute approximate surface area is 103 Å². The third kappa shape index (κ3) is 5.69. The minimum Gasteiger partial charge on any atom is -0.292 e. The fraction of sp³-hybridized carbons (Fsp3) is 0.500. The number of amides is 1. The molecular weight excluding hydrogens is 251 g/mol. The topological polar surface area (TPSA) is 64.6 Å². The van der Waals surface area contributed by atoms with E-state index in [2.05, 4.69) is 5.43 Å². The summed E-state index contributed by atoms with van der Waals surface area (Å²) < 4.78 is 37.0. The highest BCUT2D eigenvalue weighted by atomic mass is 19.4. The van der Waals surface area contributed by atoms with Gasteiger partial charge in [-0.05, 0) is 13.0 Å². The molecule has 0 saturated heterocycles. The van der Waals surface area contributed by atoms with Crippen molar-refractivity contribution in [3.63, 3.8) is 0 Å². The van der Waals surface area contributed by atoms with Gasteiger partial charge in [0.05, 0.1) is 5.57 Å². The van der Waals surface area contributed by atoms with Crippen LogP contribution in [-0.4, -0.2) is 35.9 Å². The van der Waals surface area contributed by atoms with E-state index in [-0.39, 0.29) is 5.57 Å². The molecule has 18 heavy (non-hydrogen) atoms. The summed E-state index contributed by atoms with van der Waals surface area (Å²) in [6.45, 7) is 3.07. The summed E-state index contributed by atoms with van der Waals surface area (Å²) in [6.07, 6.45) is -3.11. The van der Waals surface area contributed by atoms with Crippen LogP contribution >= 0.6 is 0 Å². The van der Waals surface area contributed by atoms with Gasteiger partial charge in [-0.15, -0.1) is 0 Å². The fourth-order valence-electron chi connectivity index (χ4n) is 0.874. The van der Waals surface area contributed by atoms with Gasteiger partial charge in [0, 0.05) is 25.4 Å². The zero-order valence-electron chi connectivity index (χ0n) is 10.3. The first kappa shape index (κ1) is 16.5. The van der Waals surface area contributed by atoms with Crippen LogP contribution in [-0.2, 0) is 4.79 Å². The minimum atomic E-state index is -4.52. The Balaban J connectivity index is 5.01. The van der Waals surface area contributed by atoms with Crippen LogP contribution in [0.2, 0.25) is 0 Å². The van der Waals surface area contributed by atoms with Gasteiger partial charge in [-0.25, -0.2) is 5.01 Å². The quantitative estimate of drug-likeness (QED) is 0.399. The lowest BCUT2D eigenvalue weighted by Gasteiger charge is -2.16. The molecule has 0 spiro atoms. The van der Waals surface area contributed by atoms with Gasteiger partial charge in [-0.1, -0.05) is 6.92 Å². The fourth-order valence-corrected chi connectivity index (χ4v) is 0.874. The third-order valence-corrected chi connectivity index (χ3v) is 2.07. The van der Waals surface area contributed by atoms with Gasteiger partial charge in [0.15, 0.2) is 0 Å². The van der Waals surface area contributed by atoms with Gasteiger partial charge in [-0.2, -0.15) is 13.2 Å². The first-order valence-electron chi connectivity index (χ1n) is 5.09. The van der Waals surface area contributed by atoms with E-state index in [4.69, 9.17) is 5.21 Å². The molecule has 0 aliphatic carbocycles. The summed E-state index contributed by atoms with van der Waals surface area (Å²) in [5.41, 5.74) is 2.59. The Hall–Kier alpha value is -1.54. The van der Waals surface area contributed by atoms with E-state index in [1.807, 2.05) is 0 Å². The Morgan fingerprint density at radius 2 is 2.00 bits per heavy atom. The number of hydrogen-bond donors (Lipinski definition) is 3. The van der Waals surface area contributed by atoms with Crippen LogP contribution < -0.4 is 10.9 Å². The SMILES string of the molecule is CCN(C)NC(=O)C(=C/NO)/C=C(\C)C(F)(F)F. The number of nitrogens with one attached hydrogen (secondary N) is 2. The number of alkyl halides is 3. The lowest BCUT2D eigenvalue weighted by molar-refractivity contribution is -0.121. The molecule has 0 radical (unpaired) electrons. The Kier molecular flexibility index (Phi) is 6.42. The predicted molar refractivity (Wildman–Crippen MR) is 59.3 cm³/mol. The molecule has 0 fully saturated rings. The first-order chi connectivity index (χ1) is 8.22. The molecule has 8 heteroatoms. The molecule has 0 atom stereocenters. The molecule has 0 aromatic heterocycles. The third-order valence-electron chi connectivity index (χ3n) is 2.07. The Morgan fingerprint density at radius 3 is 2.39 bits per heavy atom. The van der Waals surface area contributed by atoms with E-state index >= 15 is 0 Å². The van der Waals surface area contributed by atoms with Crippen LogP contribution in [0, 0.1) is 0 Å². The van der Waals surface area contributed by atoms with Crippen molar-refractivity contribution < 1.29 is 23.2 Å². The van der Waals surface area contributed by atoms with E-state index in [1.165, 1.54) is 5.01 Å². The molecule has 0 aromatic carbocycles. The van der Waals surface area contributed by atoms with E-state index < -0.39 is 17.7 Å². The summed E-state index contributed by atoms with van der Waals surface area (Å²) in [7, 11) is 1.56. The van der Waals surface area contributed by atoms with E-state index in [1.54, 1.807) is 19.5 Å². The molecule has 3 N–H and O–H groups in total. The minimum absolute atomic E-state index is 0.340. The predicted octanol–water partition coefficient (Wildman–Crippen LogP) is 1.34. The molecule has 0 bridgehead atoms. The zero-order valence-corrected chi connectivity index (χ0v) is 10.3. The molecule has 1 amide bonds. The average molecular weight is 267 g/mol. The lowest BCUT2D eigenvalue weighted by atomic mass is 10.1. The number of allylic oxidation sites excluding steroid dienone is 1. The second kappa shape index (κ2) is 7.02. The van der Waals surface area contributed by atoms with Gasteiger partial charge < -0.3 is 0 Å². The molecular formula is C10H16F3N3O2. The maximum absolute atomic E-state index is 12.3. The zero-order chi connectivity index (χ0) is 14.3. The number of carbonyl (C=O) groups excluding carboxylic acids is 1. The standard InChI is InChI=1S/C10H16F3N3O2/c1-4-16(3)15-9(17)8(6-14-18)5-7(2)10(11,12)13/h5-6,14,18H,4H2,1-3H3,(H,15,17)/b7-5+,8-6+. The second-order valence-corrected chi connectivity index (χ2v) is 3.51. The number of hydroxylamine groups is 1. The Bertz CT molecular complexity index is 351. The summed E-state index contributed by atoms with van der Waals surface area (Å²) in [6, 6.07) is 0. The van der Waals surface area contributed by atoms with Crippen LogP contribution in [0.3, 0.4) is 0 Å². The summed E-state index contributed by atoms with van der Waals surface area (Å²) in [4.78, 5) is 11.6. The van der Waals surface area contributed by atoms with Crippen molar-refractivity contribution in [2.24, 2.45) is 0 Å². The largest absolute Gasteiger partial charge is 0.412 e. The molecule has 104 valence electrons. The van der Waals surface area contributed by atoms with Gasteiger partial charge in [-0.3, -0.25) is 20.9 Å². The molecule has 0 unspecified atom stereocenters. The second-order valence-electron chi connectivity index (χ2n) is 3.51. The Morgan fingerprint density at radius 1 is 1.44 bits per heavy atom. The summed E-state index contributed by atoms with van der Waals surface area (Å²) >= 11 is 0. The van der Waals surface area contributed by atoms with E-state index in [9.17, 15) is 18.0 Å². The molecule has 5 nitrogen and oxygen atoms in total. The van der Waals surface area contributed by atoms with Crippen molar-refractivity contribution in [2.75, 3.05) is 13.6 Å². The van der Waals surface area contributed by atoms with E-state index in [0.29, 0.717) is 12.6 Å². The molecule has 0 rings (SSSR count). The summed E-state index contributed by atoms with van der Waals surface area (Å²) in [5.74, 6) is -0.760. The van der Waals surface area contributed by atoms with Gasteiger partial charge >= 0.3 is 6.18 Å². The lowest BCUT2D eigenvalue weighted by Crippen LogP contribution is -2.39. The first-order valence-corrected chi connectivity index (χ1v) is 5.09. The van der Waals surface area contributed by atoms with Crippen molar-refractivity contribution in [3.05, 3.63) is 23.4 Å². The maximum Gasteiger partial charge on any atom is 0.412 e. The van der Waals surface area contributed by atoms with Crippen LogP contribution in [0.25, 0.3) is 0 Å². The smallest absolute Gasteiger partial charge is 0.292 e. The molecule has 0 heterocycles. The molecule has 0 aliphatic heterocycles. The van der Waals surface area contributed by atoms with Crippen molar-refractivity contribution in [1.82, 2.24) is 15.9 Å². The highest BCUT2D eigenvalue weighted by Crippen LogP contribution is 2.25. The number of rotatable bonds is 5. The van der Waals surface area contributed by atoms with Crippen molar-refractivity contribution in [1.29, 1.82) is 0 Å². The molecule has 0 aromatic rings. The van der Waals surface area contributed by atoms with Crippen LogP contribution in [0.1, 0.15) is 13.8 Å². The number of nitrogens with zero attached hydrogens (tertiary/aromatic N) is 1. The highest BCUT2D eigenvalue weighted by Gasteiger charge is 2.30. The number of carbonyl (C=O) groups is 1. The number of hydrogen-bond acceptors (Lipinski definition) is 4. The average Bonchev–Trinajstić information content (AvgIpc) is 2.26. The van der Waals surface area contributed by atoms with Gasteiger partial charge in [0.2, 0.25) is 0 Å². The van der Waals surface area contributed by atoms with Gasteiger partial charge in [0.25, 0.3) is 5.91 Å². The molecule has 0 saturated carbocycles. The van der Waals surface area contributed by atoms with E-state index in [0.717, 1.165) is 13.1 Å². The van der Waals surface area contributed by atoms with Gasteiger partial charge in [0.1, 0.15) is 0 Å². The van der Waals surface area contributed by atoms with Crippen molar-refractivity contribution in [3.8, 4) is 0 Å². The number of hydrazine groups is 1. The van der Waals surface area contributed by atoms with Crippen molar-refractivity contribution in [2.45, 2.75) is 20.0 Å². The van der Waals surface area contributed by atoms with Crippen molar-refractivity contribution >= 4 is 5.91 Å². The summed E-state index contributed by atoms with van der Waals surface area (Å²) in [5, 5.41) is 9.86. The maximum atomic E-state index is 12.3. The number of halogens is 3. The molecule has 0 aliphatic rings. The monoisotopic (exact) mass is 267 g/mol.